The number of nitrogens with one attached hydrogen (secondary N) is 2. The molecule has 0 spiro atoms. The number of hydrogen-bond acceptors (Lipinski definition) is 6. The fourth-order valence-electron chi connectivity index (χ4n) is 3.15. The standard InChI is InChI=1S/C17H22F2N4O3S/c18-17(19)9-23(10-17)14-4-3-13(20-16(14)26-7-11-1-2-11)15(24)22-21-12-5-6-27(25)8-12/h3-4,11-12,21H,1-2,5-10H2,(H,22,24)/p+1. The molecule has 2 unspecified atom stereocenters. The molecule has 3 fully saturated rings. The molecule has 2 aliphatic heterocycles. The third kappa shape index (κ3) is 4.55. The van der Waals surface area contributed by atoms with Crippen molar-refractivity contribution in [3.05, 3.63) is 17.8 Å². The molecule has 1 aliphatic carbocycles. The lowest BCUT2D eigenvalue weighted by atomic mass is 10.1. The number of thiol groups is 1. The summed E-state index contributed by atoms with van der Waals surface area (Å²) in [5.74, 6) is -1.24. The van der Waals surface area contributed by atoms with Crippen LogP contribution in [0.4, 0.5) is 14.5 Å². The second kappa shape index (κ2) is 7.31. The minimum absolute atomic E-state index is 0.00857. The summed E-state index contributed by atoms with van der Waals surface area (Å²) in [5.41, 5.74) is 6.10. The lowest BCUT2D eigenvalue weighted by Gasteiger charge is -2.40. The summed E-state index contributed by atoms with van der Waals surface area (Å²) >= 11 is 0. The number of halogens is 2. The predicted octanol–water partition coefficient (Wildman–Crippen LogP) is 1.03. The second-order valence-corrected chi connectivity index (χ2v) is 9.24. The molecule has 2 atom stereocenters. The molecule has 0 radical (unpaired) electrons. The molecular formula is C17H23F2N4O3S+. The van der Waals surface area contributed by atoms with Crippen molar-refractivity contribution in [1.29, 1.82) is 0 Å². The first-order valence-electron chi connectivity index (χ1n) is 9.14. The Morgan fingerprint density at radius 1 is 1.33 bits per heavy atom. The fourth-order valence-corrected chi connectivity index (χ4v) is 4.70. The van der Waals surface area contributed by atoms with Crippen molar-refractivity contribution in [2.75, 3.05) is 36.1 Å². The molecule has 2 saturated heterocycles. The lowest BCUT2D eigenvalue weighted by molar-refractivity contribution is -0.0265. The highest BCUT2D eigenvalue weighted by molar-refractivity contribution is 7.85. The molecule has 0 aromatic carbocycles. The molecule has 2 N–H and O–H groups in total. The van der Waals surface area contributed by atoms with E-state index >= 15 is 0 Å². The predicted molar refractivity (Wildman–Crippen MR) is 97.8 cm³/mol. The minimum atomic E-state index is -2.70. The minimum Gasteiger partial charge on any atom is -0.476 e. The first kappa shape index (κ1) is 18.5. The molecule has 0 bridgehead atoms. The number of anilines is 1. The quantitative estimate of drug-likeness (QED) is 0.403. The summed E-state index contributed by atoms with van der Waals surface area (Å²) in [5, 5.41) is 0. The Bertz CT molecular complexity index is 752. The molecule has 3 heterocycles. The van der Waals surface area contributed by atoms with Gasteiger partial charge in [0.2, 0.25) is 5.88 Å². The summed E-state index contributed by atoms with van der Waals surface area (Å²) in [4.78, 5) is 18.1. The Labute approximate surface area is 158 Å². The van der Waals surface area contributed by atoms with Crippen molar-refractivity contribution in [2.45, 2.75) is 31.2 Å². The molecule has 7 nitrogen and oxygen atoms in total. The number of hydrazine groups is 1. The van der Waals surface area contributed by atoms with Gasteiger partial charge in [-0.2, -0.15) is 0 Å². The van der Waals surface area contributed by atoms with E-state index in [-0.39, 0.29) is 30.7 Å². The number of alkyl halides is 2. The Balaban J connectivity index is 1.43. The normalized spacial score (nSPS) is 26.5. The molecule has 1 amide bonds. The molecule has 27 heavy (non-hydrogen) atoms. The van der Waals surface area contributed by atoms with Gasteiger partial charge in [0.15, 0.2) is 0 Å². The Kier molecular flexibility index (Phi) is 5.02. The molecule has 4 rings (SSSR count). The first-order valence-corrected chi connectivity index (χ1v) is 10.8. The van der Waals surface area contributed by atoms with Crippen LogP contribution in [0.25, 0.3) is 0 Å². The van der Waals surface area contributed by atoms with Gasteiger partial charge in [-0.1, -0.05) is 0 Å². The zero-order valence-electron chi connectivity index (χ0n) is 14.8. The summed E-state index contributed by atoms with van der Waals surface area (Å²) in [6, 6.07) is 3.10. The van der Waals surface area contributed by atoms with Gasteiger partial charge in [-0.05, 0) is 30.9 Å². The number of nitrogens with zero attached hydrogens (tertiary/aromatic N) is 2. The van der Waals surface area contributed by atoms with Gasteiger partial charge in [0.25, 0.3) is 11.8 Å². The van der Waals surface area contributed by atoms with Crippen LogP contribution in [0, 0.1) is 5.92 Å². The Hall–Kier alpha value is -1.81. The SMILES string of the molecule is O=C(NNC1CC[SH+](=O)C1)c1ccc(N2CC(F)(F)C2)c(OCC2CC2)n1. The van der Waals surface area contributed by atoms with Gasteiger partial charge >= 0.3 is 0 Å². The maximum Gasteiger partial charge on any atom is 0.284 e. The second-order valence-electron chi connectivity index (χ2n) is 7.46. The number of carbonyl (C=O) groups excluding carboxylic acids is 1. The number of carbonyl (C=O) groups is 1. The van der Waals surface area contributed by atoms with Gasteiger partial charge in [-0.25, -0.2) is 19.2 Å². The molecule has 1 aromatic heterocycles. The topological polar surface area (TPSA) is 83.6 Å². The molecule has 148 valence electrons. The van der Waals surface area contributed by atoms with E-state index in [0.717, 1.165) is 19.3 Å². The Morgan fingerprint density at radius 3 is 2.74 bits per heavy atom. The van der Waals surface area contributed by atoms with Gasteiger partial charge in [0, 0.05) is 6.42 Å². The van der Waals surface area contributed by atoms with E-state index in [2.05, 4.69) is 15.8 Å². The number of ether oxygens (including phenoxy) is 1. The zero-order chi connectivity index (χ0) is 19.0. The number of aromatic nitrogens is 1. The highest BCUT2D eigenvalue weighted by atomic mass is 32.2. The van der Waals surface area contributed by atoms with Crippen LogP contribution in [0.2, 0.25) is 0 Å². The summed E-state index contributed by atoms with van der Waals surface area (Å²) < 4.78 is 43.6. The average Bonchev–Trinajstić information content (AvgIpc) is 3.35. The van der Waals surface area contributed by atoms with E-state index in [1.807, 2.05) is 0 Å². The van der Waals surface area contributed by atoms with Crippen molar-refractivity contribution in [2.24, 2.45) is 5.92 Å². The summed E-state index contributed by atoms with van der Waals surface area (Å²) in [6.07, 6.45) is 2.93. The van der Waals surface area contributed by atoms with Crippen molar-refractivity contribution >= 4 is 22.4 Å². The van der Waals surface area contributed by atoms with E-state index in [4.69, 9.17) is 4.74 Å². The number of hydrogen-bond donors (Lipinski definition) is 2. The van der Waals surface area contributed by atoms with Crippen LogP contribution in [0.5, 0.6) is 5.88 Å². The monoisotopic (exact) mass is 401 g/mol. The number of rotatable bonds is 7. The largest absolute Gasteiger partial charge is 0.476 e. The van der Waals surface area contributed by atoms with Gasteiger partial charge in [0.1, 0.15) is 22.9 Å². The third-order valence-electron chi connectivity index (χ3n) is 4.95. The van der Waals surface area contributed by atoms with Crippen molar-refractivity contribution < 1.29 is 22.5 Å². The maximum atomic E-state index is 13.2. The van der Waals surface area contributed by atoms with Crippen molar-refractivity contribution in [3.8, 4) is 5.88 Å². The van der Waals surface area contributed by atoms with E-state index < -0.39 is 22.6 Å². The third-order valence-corrected chi connectivity index (χ3v) is 6.56. The van der Waals surface area contributed by atoms with E-state index in [1.165, 1.54) is 11.0 Å². The average molecular weight is 401 g/mol. The number of pyridine rings is 1. The van der Waals surface area contributed by atoms with Crippen molar-refractivity contribution in [1.82, 2.24) is 15.8 Å². The lowest BCUT2D eigenvalue weighted by Crippen LogP contribution is -2.56. The molecule has 3 aliphatic rings. The van der Waals surface area contributed by atoms with Crippen LogP contribution in [0.3, 0.4) is 0 Å². The van der Waals surface area contributed by atoms with Crippen LogP contribution < -0.4 is 20.5 Å². The van der Waals surface area contributed by atoms with Gasteiger partial charge in [-0.3, -0.25) is 10.2 Å². The van der Waals surface area contributed by atoms with Crippen LogP contribution in [-0.4, -0.2) is 54.1 Å². The maximum absolute atomic E-state index is 13.2. The molecular weight excluding hydrogens is 378 g/mol. The van der Waals surface area contributed by atoms with E-state index in [9.17, 15) is 17.8 Å². The van der Waals surface area contributed by atoms with Crippen LogP contribution >= 0.6 is 0 Å². The molecule has 1 saturated carbocycles. The fraction of sp³-hybridized carbons (Fsp3) is 0.647. The molecule has 1 aromatic rings. The molecule has 10 heteroatoms. The van der Waals surface area contributed by atoms with Gasteiger partial charge in [0.05, 0.1) is 36.5 Å². The zero-order valence-corrected chi connectivity index (χ0v) is 15.7. The highest BCUT2D eigenvalue weighted by Gasteiger charge is 2.45. The van der Waals surface area contributed by atoms with Crippen LogP contribution in [0.15, 0.2) is 12.1 Å². The van der Waals surface area contributed by atoms with Gasteiger partial charge < -0.3 is 9.64 Å². The van der Waals surface area contributed by atoms with E-state index in [1.54, 1.807) is 6.07 Å². The smallest absolute Gasteiger partial charge is 0.284 e. The summed E-state index contributed by atoms with van der Waals surface area (Å²) in [6.45, 7) is -0.272. The van der Waals surface area contributed by atoms with E-state index in [0.29, 0.717) is 29.7 Å². The summed E-state index contributed by atoms with van der Waals surface area (Å²) in [7, 11) is -1.18. The van der Waals surface area contributed by atoms with Crippen LogP contribution in [0.1, 0.15) is 29.8 Å². The van der Waals surface area contributed by atoms with Gasteiger partial charge in [-0.15, -0.1) is 4.21 Å². The number of amides is 1. The van der Waals surface area contributed by atoms with Crippen molar-refractivity contribution in [3.63, 3.8) is 0 Å². The Morgan fingerprint density at radius 2 is 2.11 bits per heavy atom. The van der Waals surface area contributed by atoms with Crippen LogP contribution in [-0.2, 0) is 15.0 Å². The highest BCUT2D eigenvalue weighted by Crippen LogP contribution is 2.37. The first-order chi connectivity index (χ1) is 12.9.